The fourth-order valence-corrected chi connectivity index (χ4v) is 1.05. The topological polar surface area (TPSA) is 58.6 Å². The maximum atomic E-state index is 12.8. The average Bonchev–Trinajstić information content (AvgIpc) is 2.10. The molecule has 4 nitrogen and oxygen atoms in total. The Morgan fingerprint density at radius 1 is 1.16 bits per heavy atom. The molecule has 0 saturated heterocycles. The van der Waals surface area contributed by atoms with Gasteiger partial charge in [-0.25, -0.2) is 4.79 Å². The standard InChI is InChI=1S/C10H16F5NO3/c1-5(16-7(18)19-8(2,3)4)6(17)9(11,12)10(13,14)15/h5-6,17H,1-4H3,(H,16,18)/t5-,6?/m0/s1. The molecule has 0 aromatic rings. The molecule has 0 rings (SSSR count). The molecule has 0 aliphatic rings. The lowest BCUT2D eigenvalue weighted by molar-refractivity contribution is -0.315. The number of hydrogen-bond donors (Lipinski definition) is 2. The molecule has 1 unspecified atom stereocenters. The van der Waals surface area contributed by atoms with Crippen LogP contribution in [-0.4, -0.2) is 41.0 Å². The Kier molecular flexibility index (Phi) is 5.15. The monoisotopic (exact) mass is 293 g/mol. The summed E-state index contributed by atoms with van der Waals surface area (Å²) in [6.07, 6.45) is -10.2. The molecule has 0 aliphatic heterocycles. The van der Waals surface area contributed by atoms with Crippen molar-refractivity contribution >= 4 is 6.09 Å². The SMILES string of the molecule is C[C@H](NC(=O)OC(C)(C)C)C(O)C(F)(F)C(F)(F)F. The van der Waals surface area contributed by atoms with E-state index in [2.05, 4.69) is 4.74 Å². The number of alkyl carbamates (subject to hydrolysis) is 1. The highest BCUT2D eigenvalue weighted by atomic mass is 19.4. The number of ether oxygens (including phenoxy) is 1. The first-order valence-corrected chi connectivity index (χ1v) is 5.30. The minimum Gasteiger partial charge on any atom is -0.444 e. The van der Waals surface area contributed by atoms with E-state index in [9.17, 15) is 26.7 Å². The maximum absolute atomic E-state index is 12.8. The van der Waals surface area contributed by atoms with Gasteiger partial charge < -0.3 is 15.2 Å². The van der Waals surface area contributed by atoms with Crippen LogP contribution in [0.2, 0.25) is 0 Å². The van der Waals surface area contributed by atoms with Gasteiger partial charge in [-0.15, -0.1) is 0 Å². The Morgan fingerprint density at radius 2 is 1.58 bits per heavy atom. The third kappa shape index (κ3) is 5.17. The number of amides is 1. The largest absolute Gasteiger partial charge is 0.456 e. The molecule has 1 amide bonds. The van der Waals surface area contributed by atoms with Gasteiger partial charge in [-0.05, 0) is 27.7 Å². The lowest BCUT2D eigenvalue weighted by Crippen LogP contribution is -2.56. The van der Waals surface area contributed by atoms with Crippen LogP contribution in [0.15, 0.2) is 0 Å². The van der Waals surface area contributed by atoms with Crippen molar-refractivity contribution in [2.75, 3.05) is 0 Å². The molecule has 0 bridgehead atoms. The number of carbonyl (C=O) groups is 1. The molecule has 19 heavy (non-hydrogen) atoms. The molecule has 0 aliphatic carbocycles. The van der Waals surface area contributed by atoms with Crippen molar-refractivity contribution in [2.45, 2.75) is 57.5 Å². The molecule has 0 heterocycles. The molecule has 0 aromatic carbocycles. The van der Waals surface area contributed by atoms with Crippen molar-refractivity contribution < 1.29 is 36.6 Å². The molecule has 0 saturated carbocycles. The number of nitrogens with one attached hydrogen (secondary N) is 1. The number of aliphatic hydroxyl groups excluding tert-OH is 1. The number of hydrogen-bond acceptors (Lipinski definition) is 3. The Morgan fingerprint density at radius 3 is 1.89 bits per heavy atom. The molecule has 2 N–H and O–H groups in total. The van der Waals surface area contributed by atoms with Crippen molar-refractivity contribution in [3.8, 4) is 0 Å². The van der Waals surface area contributed by atoms with E-state index in [0.717, 1.165) is 6.92 Å². The molecule has 0 radical (unpaired) electrons. The van der Waals surface area contributed by atoms with Crippen molar-refractivity contribution in [2.24, 2.45) is 0 Å². The second-order valence-electron chi connectivity index (χ2n) is 5.00. The molecule has 0 fully saturated rings. The molecular formula is C10H16F5NO3. The van der Waals surface area contributed by atoms with E-state index in [-0.39, 0.29) is 0 Å². The van der Waals surface area contributed by atoms with Crippen LogP contribution in [0, 0.1) is 0 Å². The number of carbonyl (C=O) groups excluding carboxylic acids is 1. The van der Waals surface area contributed by atoms with Crippen LogP contribution in [0.4, 0.5) is 26.7 Å². The summed E-state index contributed by atoms with van der Waals surface area (Å²) in [5, 5.41) is 10.7. The molecule has 114 valence electrons. The smallest absolute Gasteiger partial charge is 0.444 e. The lowest BCUT2D eigenvalue weighted by atomic mass is 10.1. The van der Waals surface area contributed by atoms with E-state index in [0.29, 0.717) is 0 Å². The minimum atomic E-state index is -5.91. The number of halogens is 5. The number of rotatable bonds is 3. The van der Waals surface area contributed by atoms with E-state index in [1.807, 2.05) is 0 Å². The zero-order valence-corrected chi connectivity index (χ0v) is 10.8. The van der Waals surface area contributed by atoms with Gasteiger partial charge in [0.1, 0.15) is 11.7 Å². The fourth-order valence-electron chi connectivity index (χ4n) is 1.05. The number of alkyl halides is 5. The van der Waals surface area contributed by atoms with Gasteiger partial charge >= 0.3 is 18.2 Å². The quantitative estimate of drug-likeness (QED) is 0.786. The minimum absolute atomic E-state index is 0.814. The molecular weight excluding hydrogens is 277 g/mol. The van der Waals surface area contributed by atoms with Crippen molar-refractivity contribution in [1.82, 2.24) is 5.32 Å². The third-order valence-corrected chi connectivity index (χ3v) is 1.97. The summed E-state index contributed by atoms with van der Waals surface area (Å²) in [4.78, 5) is 11.2. The fraction of sp³-hybridized carbons (Fsp3) is 0.900. The Hall–Kier alpha value is -1.12. The van der Waals surface area contributed by atoms with Gasteiger partial charge in [0.15, 0.2) is 0 Å². The highest BCUT2D eigenvalue weighted by molar-refractivity contribution is 5.68. The van der Waals surface area contributed by atoms with Crippen LogP contribution in [0.3, 0.4) is 0 Å². The van der Waals surface area contributed by atoms with E-state index < -0.39 is 35.9 Å². The van der Waals surface area contributed by atoms with E-state index in [4.69, 9.17) is 5.11 Å². The highest BCUT2D eigenvalue weighted by Crippen LogP contribution is 2.39. The van der Waals surface area contributed by atoms with Crippen LogP contribution in [-0.2, 0) is 4.74 Å². The van der Waals surface area contributed by atoms with Gasteiger partial charge in [0.05, 0.1) is 6.04 Å². The Balaban J connectivity index is 4.68. The van der Waals surface area contributed by atoms with Crippen LogP contribution in [0.25, 0.3) is 0 Å². The summed E-state index contributed by atoms with van der Waals surface area (Å²) < 4.78 is 66.3. The predicted molar refractivity (Wildman–Crippen MR) is 55.8 cm³/mol. The van der Waals surface area contributed by atoms with Crippen molar-refractivity contribution in [1.29, 1.82) is 0 Å². The molecule has 0 spiro atoms. The molecule has 2 atom stereocenters. The van der Waals surface area contributed by atoms with Gasteiger partial charge in [-0.1, -0.05) is 0 Å². The Bertz CT molecular complexity index is 324. The van der Waals surface area contributed by atoms with Gasteiger partial charge in [-0.3, -0.25) is 0 Å². The maximum Gasteiger partial charge on any atom is 0.456 e. The normalized spacial score (nSPS) is 16.7. The first-order valence-electron chi connectivity index (χ1n) is 5.30. The zero-order valence-electron chi connectivity index (χ0n) is 10.8. The van der Waals surface area contributed by atoms with Gasteiger partial charge in [0.2, 0.25) is 0 Å². The van der Waals surface area contributed by atoms with Gasteiger partial charge in [0, 0.05) is 0 Å². The van der Waals surface area contributed by atoms with Crippen molar-refractivity contribution in [3.63, 3.8) is 0 Å². The van der Waals surface area contributed by atoms with Gasteiger partial charge in [-0.2, -0.15) is 22.0 Å². The van der Waals surface area contributed by atoms with Crippen LogP contribution >= 0.6 is 0 Å². The highest BCUT2D eigenvalue weighted by Gasteiger charge is 2.63. The summed E-state index contributed by atoms with van der Waals surface area (Å²) >= 11 is 0. The molecule has 9 heteroatoms. The summed E-state index contributed by atoms with van der Waals surface area (Å²) in [7, 11) is 0. The number of aliphatic hydroxyl groups is 1. The zero-order chi connectivity index (χ0) is 15.6. The first kappa shape index (κ1) is 17.9. The molecule has 0 aromatic heterocycles. The van der Waals surface area contributed by atoms with Gasteiger partial charge in [0.25, 0.3) is 0 Å². The van der Waals surface area contributed by atoms with Crippen LogP contribution in [0.1, 0.15) is 27.7 Å². The summed E-state index contributed by atoms with van der Waals surface area (Å²) in [6.45, 7) is 5.27. The van der Waals surface area contributed by atoms with Crippen molar-refractivity contribution in [3.05, 3.63) is 0 Å². The van der Waals surface area contributed by atoms with Crippen LogP contribution in [0.5, 0.6) is 0 Å². The third-order valence-electron chi connectivity index (χ3n) is 1.97. The predicted octanol–water partition coefficient (Wildman–Crippen LogP) is 2.46. The summed E-state index contributed by atoms with van der Waals surface area (Å²) in [5.41, 5.74) is -0.943. The first-order chi connectivity index (χ1) is 8.18. The van der Waals surface area contributed by atoms with E-state index in [1.54, 1.807) is 5.32 Å². The van der Waals surface area contributed by atoms with E-state index in [1.165, 1.54) is 20.8 Å². The van der Waals surface area contributed by atoms with Crippen LogP contribution < -0.4 is 5.32 Å². The lowest BCUT2D eigenvalue weighted by Gasteiger charge is -2.30. The van der Waals surface area contributed by atoms with E-state index >= 15 is 0 Å². The summed E-state index contributed by atoms with van der Waals surface area (Å²) in [5.74, 6) is -5.33. The second kappa shape index (κ2) is 5.48. The second-order valence-corrected chi connectivity index (χ2v) is 5.00. The average molecular weight is 293 g/mol. The Labute approximate surface area is 106 Å². The summed E-state index contributed by atoms with van der Waals surface area (Å²) in [6, 6.07) is -1.84.